The number of anilines is 1. The molecule has 14 nitrogen and oxygen atoms in total. The monoisotopic (exact) mass is 1110 g/mol. The predicted octanol–water partition coefficient (Wildman–Crippen LogP) is 13.1. The van der Waals surface area contributed by atoms with Gasteiger partial charge in [-0.15, -0.1) is 0 Å². The molecule has 4 saturated carbocycles. The molecule has 0 bridgehead atoms. The van der Waals surface area contributed by atoms with Crippen LogP contribution in [0.15, 0.2) is 24.3 Å². The predicted molar refractivity (Wildman–Crippen MR) is 293 cm³/mol. The van der Waals surface area contributed by atoms with Gasteiger partial charge < -0.3 is 49.7 Å². The van der Waals surface area contributed by atoms with Gasteiger partial charge in [0.2, 0.25) is 5.91 Å². The molecule has 4 aliphatic rings. The molecule has 1 aromatic rings. The molecule has 0 saturated heterocycles. The number of rotatable bonds is 21. The Kier molecular flexibility index (Phi) is 49.0. The van der Waals surface area contributed by atoms with Gasteiger partial charge in [0.25, 0.3) is 14.4 Å². The van der Waals surface area contributed by atoms with E-state index in [1.807, 2.05) is 0 Å². The molecule has 2 atom stereocenters. The van der Waals surface area contributed by atoms with Crippen LogP contribution in [0.1, 0.15) is 194 Å². The molecule has 5 rings (SSSR count). The average molecular weight is 1120 g/mol. The van der Waals surface area contributed by atoms with Crippen LogP contribution in [0, 0.1) is 43.4 Å². The molecule has 4 fully saturated rings. The number of benzene rings is 1. The van der Waals surface area contributed by atoms with E-state index in [0.29, 0.717) is 43.6 Å². The Balaban J connectivity index is -0.00000102. The number of urea groups is 1. The van der Waals surface area contributed by atoms with Crippen LogP contribution in [0.2, 0.25) is 0 Å². The van der Waals surface area contributed by atoms with Gasteiger partial charge >= 0.3 is 48.0 Å². The zero-order valence-corrected chi connectivity index (χ0v) is 49.5. The van der Waals surface area contributed by atoms with E-state index >= 15 is 0 Å². The van der Waals surface area contributed by atoms with E-state index in [4.69, 9.17) is 24.1 Å². The number of nitrogens with zero attached hydrogens (tertiary/aromatic N) is 4. The maximum atomic E-state index is 12.7. The van der Waals surface area contributed by atoms with Gasteiger partial charge in [-0.1, -0.05) is 89.9 Å². The van der Waals surface area contributed by atoms with Gasteiger partial charge in [-0.25, -0.2) is 9.46 Å². The number of carbonyl (C=O) groups is 3. The molecule has 4 amide bonds. The maximum absolute atomic E-state index is 12.7. The third kappa shape index (κ3) is 34.1. The Bertz CT molecular complexity index is 1520. The molecule has 0 radical (unpaired) electrons. The standard InChI is InChI=1S/C23H36N5O3P.C16H30N3O3P.2C5H10.2CH3.2CH2.2Fe/c1-17(2)28(18(3)4)32(31-15-7-14-24)16-25-22(29)19-10-12-21(13-11-19)27-23(30)26-20-8-5-6-9-20;1-13(2)19(14(3)4)23(21-11-7-10-17)22-12-18-16(20)15-8-5-6-9-15;2*1-2-4-5-3-1;;;;;;/h10-13,17-18,20H,5-9,15-16H2,1-4H3,(H,25,29)(H2,26,27,30);13-15H,5-9,11-12H2,1-4H3,(H,18,20);2*1-5H2;2*1H3;2*1H2;;/q;;;;2*-1;;;2*+1. The summed E-state index contributed by atoms with van der Waals surface area (Å²) in [6.45, 7) is 17.6. The topological polar surface area (TPSA) is 181 Å². The zero-order valence-electron chi connectivity index (χ0n) is 45.5. The second-order valence-electron chi connectivity index (χ2n) is 18.4. The van der Waals surface area contributed by atoms with Crippen molar-refractivity contribution < 1.29 is 59.1 Å². The molecule has 4 N–H and O–H groups in total. The van der Waals surface area contributed by atoms with Crippen LogP contribution in [0.4, 0.5) is 10.5 Å². The van der Waals surface area contributed by atoms with Gasteiger partial charge in [0, 0.05) is 47.4 Å². The van der Waals surface area contributed by atoms with E-state index in [-0.39, 0.29) is 75.6 Å². The number of nitriles is 2. The number of hydrogen-bond donors (Lipinski definition) is 4. The van der Waals surface area contributed by atoms with Crippen molar-refractivity contribution in [3.05, 3.63) is 44.7 Å². The van der Waals surface area contributed by atoms with Crippen LogP contribution in [0.3, 0.4) is 0 Å². The maximum Gasteiger partial charge on any atom is -0.358 e. The van der Waals surface area contributed by atoms with Crippen molar-refractivity contribution in [3.8, 4) is 12.1 Å². The molecular weight excluding hydrogens is 1020 g/mol. The third-order valence-electron chi connectivity index (χ3n) is 11.5. The molecule has 71 heavy (non-hydrogen) atoms. The van der Waals surface area contributed by atoms with E-state index < -0.39 is 16.8 Å². The minimum atomic E-state index is -1.29. The summed E-state index contributed by atoms with van der Waals surface area (Å²) in [6, 6.07) is 12.1. The van der Waals surface area contributed by atoms with Gasteiger partial charge in [-0.3, -0.25) is 14.3 Å². The van der Waals surface area contributed by atoms with Crippen molar-refractivity contribution in [2.45, 2.75) is 214 Å². The summed E-state index contributed by atoms with van der Waals surface area (Å²) < 4.78 is 22.0. The second kappa shape index (κ2) is 47.6. The SMILES string of the molecule is C1CCCC1.C1CCCC1.CC(C)N(C(C)C)P(CNC(=O)c1ccc(NC(=O)NC2CCCC2)cc1)OCCC#N.CC(C)N(C(C)C)P(OCCC#N)OCNC(=O)C1CCCC1.[CH2]=[Fe+].[CH2]=[Fe+].[CH3-].[CH3-]. The first-order valence-electron chi connectivity index (χ1n) is 25.3. The van der Waals surface area contributed by atoms with Crippen molar-refractivity contribution in [2.75, 3.05) is 31.5 Å². The zero-order chi connectivity index (χ0) is 51.8. The first-order valence-corrected chi connectivity index (χ1v) is 29.4. The Morgan fingerprint density at radius 2 is 1.06 bits per heavy atom. The van der Waals surface area contributed by atoms with Crippen molar-refractivity contribution in [1.29, 1.82) is 10.5 Å². The van der Waals surface area contributed by atoms with E-state index in [9.17, 15) is 14.4 Å². The van der Waals surface area contributed by atoms with Gasteiger partial charge in [0.1, 0.15) is 15.0 Å². The van der Waals surface area contributed by atoms with Crippen LogP contribution >= 0.6 is 16.8 Å². The number of carbonyl (C=O) groups excluding carboxylic acids is 3. The van der Waals surface area contributed by atoms with Crippen molar-refractivity contribution in [3.63, 3.8) is 0 Å². The molecule has 0 heterocycles. The normalized spacial score (nSPS) is 15.8. The number of amides is 4. The van der Waals surface area contributed by atoms with Crippen molar-refractivity contribution >= 4 is 51.2 Å². The van der Waals surface area contributed by atoms with Gasteiger partial charge in [0.15, 0.2) is 0 Å². The summed E-state index contributed by atoms with van der Waals surface area (Å²) in [4.78, 5) is 36.8. The van der Waals surface area contributed by atoms with Crippen LogP contribution < -0.4 is 21.3 Å². The average Bonchev–Trinajstić information content (AvgIpc) is 4.20. The van der Waals surface area contributed by atoms with Gasteiger partial charge in [-0.05, 0) is 105 Å². The Labute approximate surface area is 452 Å². The van der Waals surface area contributed by atoms with E-state index in [0.717, 1.165) is 51.4 Å². The van der Waals surface area contributed by atoms with Gasteiger partial charge in [-0.2, -0.15) is 10.5 Å². The fourth-order valence-electron chi connectivity index (χ4n) is 8.44. The molecule has 4 aliphatic carbocycles. The molecule has 0 aromatic heterocycles. The van der Waals surface area contributed by atoms with Crippen LogP contribution in [-0.2, 0) is 49.5 Å². The third-order valence-corrected chi connectivity index (χ3v) is 16.0. The minimum absolute atomic E-state index is 0. The molecule has 410 valence electrons. The molecule has 0 aliphatic heterocycles. The summed E-state index contributed by atoms with van der Waals surface area (Å²) >= 11 is 6.00. The van der Waals surface area contributed by atoms with E-state index in [1.165, 1.54) is 64.2 Å². The molecule has 1 aromatic carbocycles. The largest absolute Gasteiger partial charge is 0.358 e. The van der Waals surface area contributed by atoms with Crippen molar-refractivity contribution in [2.24, 2.45) is 5.92 Å². The summed E-state index contributed by atoms with van der Waals surface area (Å²) in [6.07, 6.45) is 24.6. The summed E-state index contributed by atoms with van der Waals surface area (Å²) in [5, 5.41) is 29.1. The van der Waals surface area contributed by atoms with Crippen LogP contribution in [0.25, 0.3) is 0 Å². The van der Waals surface area contributed by atoms with Gasteiger partial charge in [0.05, 0.1) is 44.5 Å². The summed E-state index contributed by atoms with van der Waals surface area (Å²) in [5.74, 6) is 0.0153. The molecular formula is C53H96Fe2N8O6P2. The summed E-state index contributed by atoms with van der Waals surface area (Å²) in [5.41, 5.74) is 7.16. The molecule has 2 unspecified atom stereocenters. The van der Waals surface area contributed by atoms with E-state index in [2.05, 4.69) is 140 Å². The fourth-order valence-corrected chi connectivity index (χ4v) is 12.0. The Morgan fingerprint density at radius 3 is 1.48 bits per heavy atom. The van der Waals surface area contributed by atoms with E-state index in [1.54, 1.807) is 24.3 Å². The molecule has 0 spiro atoms. The second-order valence-corrected chi connectivity index (χ2v) is 21.6. The Morgan fingerprint density at radius 1 is 0.634 bits per heavy atom. The van der Waals surface area contributed by atoms with Crippen molar-refractivity contribution in [1.82, 2.24) is 25.3 Å². The number of hydrogen-bond acceptors (Lipinski definition) is 10. The molecule has 18 heteroatoms. The Hall–Kier alpha value is -2.15. The fraction of sp³-hybridized carbons (Fsp3) is 0.717. The quantitative estimate of drug-likeness (QED) is 0.0304. The van der Waals surface area contributed by atoms with Crippen LogP contribution in [-0.4, -0.2) is 94.5 Å². The smallest absolute Gasteiger partial charge is 0.358 e. The number of nitrogens with one attached hydrogen (secondary N) is 4. The minimum Gasteiger partial charge on any atom is -0.358 e. The first-order chi connectivity index (χ1) is 33.3. The first kappa shape index (κ1) is 73.1. The summed E-state index contributed by atoms with van der Waals surface area (Å²) in [7, 11) is -2.37. The van der Waals surface area contributed by atoms with Crippen LogP contribution in [0.5, 0.6) is 0 Å².